The Morgan fingerprint density at radius 2 is 2.11 bits per heavy atom. The predicted molar refractivity (Wildman–Crippen MR) is 66.9 cm³/mol. The first-order valence-electron chi connectivity index (χ1n) is 6.70. The van der Waals surface area contributed by atoms with Crippen LogP contribution >= 0.6 is 0 Å². The van der Waals surface area contributed by atoms with Crippen molar-refractivity contribution in [3.8, 4) is 0 Å². The molecule has 3 N–H and O–H groups in total. The van der Waals surface area contributed by atoms with Crippen molar-refractivity contribution in [1.29, 1.82) is 0 Å². The summed E-state index contributed by atoms with van der Waals surface area (Å²) in [6.45, 7) is 2.62. The molecule has 102 valence electrons. The minimum absolute atomic E-state index is 0.00453. The number of rotatable bonds is 2. The number of nitrogens with two attached hydrogens (primary N) is 1. The topological polar surface area (TPSA) is 83.6 Å². The summed E-state index contributed by atoms with van der Waals surface area (Å²) in [5.41, 5.74) is 5.13. The van der Waals surface area contributed by atoms with E-state index in [0.717, 1.165) is 25.7 Å². The van der Waals surface area contributed by atoms with Crippen molar-refractivity contribution in [2.75, 3.05) is 13.1 Å². The first-order chi connectivity index (χ1) is 8.42. The van der Waals surface area contributed by atoms with Crippen LogP contribution in [0.15, 0.2) is 0 Å². The van der Waals surface area contributed by atoms with Crippen LogP contribution in [0.2, 0.25) is 0 Å². The molecule has 1 saturated carbocycles. The predicted octanol–water partition coefficient (Wildman–Crippen LogP) is 0.827. The van der Waals surface area contributed by atoms with Crippen molar-refractivity contribution >= 4 is 11.9 Å². The Morgan fingerprint density at radius 3 is 2.67 bits per heavy atom. The lowest BCUT2D eigenvalue weighted by Crippen LogP contribution is -2.41. The van der Waals surface area contributed by atoms with Gasteiger partial charge < -0.3 is 15.7 Å². The second-order valence-corrected chi connectivity index (χ2v) is 6.00. The molecule has 1 amide bonds. The van der Waals surface area contributed by atoms with Crippen LogP contribution in [-0.4, -0.2) is 41.0 Å². The molecule has 0 radical (unpaired) electrons. The average Bonchev–Trinajstić information content (AvgIpc) is 2.72. The van der Waals surface area contributed by atoms with E-state index in [1.807, 2.05) is 0 Å². The number of carbonyl (C=O) groups is 2. The largest absolute Gasteiger partial charge is 0.481 e. The van der Waals surface area contributed by atoms with Crippen molar-refractivity contribution in [3.63, 3.8) is 0 Å². The third kappa shape index (κ3) is 2.51. The second-order valence-electron chi connectivity index (χ2n) is 6.00. The van der Waals surface area contributed by atoms with Gasteiger partial charge >= 0.3 is 5.97 Å². The summed E-state index contributed by atoms with van der Waals surface area (Å²) in [7, 11) is 0. The SMILES string of the molecule is CC1(C(=O)O)CCN(C(=O)C2CCCC(N)C2)C1. The van der Waals surface area contributed by atoms with Crippen LogP contribution < -0.4 is 5.73 Å². The Bertz CT molecular complexity index is 358. The van der Waals surface area contributed by atoms with Crippen LogP contribution in [0.1, 0.15) is 39.0 Å². The van der Waals surface area contributed by atoms with Gasteiger partial charge in [0.1, 0.15) is 0 Å². The van der Waals surface area contributed by atoms with Gasteiger partial charge in [-0.1, -0.05) is 6.42 Å². The summed E-state index contributed by atoms with van der Waals surface area (Å²) < 4.78 is 0. The Labute approximate surface area is 107 Å². The van der Waals surface area contributed by atoms with Gasteiger partial charge in [0.15, 0.2) is 0 Å². The molecule has 3 atom stereocenters. The molecule has 0 aromatic rings. The number of hydrogen-bond donors (Lipinski definition) is 2. The molecular weight excluding hydrogens is 232 g/mol. The number of carboxylic acid groups (broad SMARTS) is 1. The van der Waals surface area contributed by atoms with E-state index in [9.17, 15) is 9.59 Å². The minimum atomic E-state index is -0.807. The first kappa shape index (κ1) is 13.3. The molecule has 2 fully saturated rings. The Balaban J connectivity index is 1.97. The van der Waals surface area contributed by atoms with Crippen LogP contribution in [0.25, 0.3) is 0 Å². The molecule has 0 spiro atoms. The molecule has 18 heavy (non-hydrogen) atoms. The van der Waals surface area contributed by atoms with Crippen LogP contribution in [0.3, 0.4) is 0 Å². The van der Waals surface area contributed by atoms with E-state index < -0.39 is 11.4 Å². The summed E-state index contributed by atoms with van der Waals surface area (Å²) in [4.78, 5) is 25.2. The van der Waals surface area contributed by atoms with Gasteiger partial charge in [0, 0.05) is 25.0 Å². The zero-order valence-electron chi connectivity index (χ0n) is 10.9. The highest BCUT2D eigenvalue weighted by Crippen LogP contribution is 2.33. The zero-order valence-corrected chi connectivity index (χ0v) is 10.9. The number of nitrogens with zero attached hydrogens (tertiary/aromatic N) is 1. The maximum atomic E-state index is 12.3. The van der Waals surface area contributed by atoms with Gasteiger partial charge in [-0.05, 0) is 32.6 Å². The molecule has 0 aromatic heterocycles. The molecule has 5 nitrogen and oxygen atoms in total. The van der Waals surface area contributed by atoms with Gasteiger partial charge in [0.25, 0.3) is 0 Å². The summed E-state index contributed by atoms with van der Waals surface area (Å²) >= 11 is 0. The van der Waals surface area contributed by atoms with Crippen LogP contribution in [0.4, 0.5) is 0 Å². The number of carboxylic acids is 1. The molecule has 1 heterocycles. The lowest BCUT2D eigenvalue weighted by atomic mass is 9.85. The highest BCUT2D eigenvalue weighted by Gasteiger charge is 2.43. The fourth-order valence-electron chi connectivity index (χ4n) is 3.03. The summed E-state index contributed by atoms with van der Waals surface area (Å²) in [6.07, 6.45) is 4.19. The standard InChI is InChI=1S/C13H22N2O3/c1-13(12(17)18)5-6-15(8-13)11(16)9-3-2-4-10(14)7-9/h9-10H,2-8,14H2,1H3,(H,17,18). The van der Waals surface area contributed by atoms with Crippen molar-refractivity contribution in [2.45, 2.75) is 45.1 Å². The Hall–Kier alpha value is -1.10. The minimum Gasteiger partial charge on any atom is -0.481 e. The van der Waals surface area contributed by atoms with Gasteiger partial charge in [0.05, 0.1) is 5.41 Å². The van der Waals surface area contributed by atoms with E-state index in [0.29, 0.717) is 19.5 Å². The Kier molecular flexibility index (Phi) is 3.61. The molecule has 3 unspecified atom stereocenters. The Morgan fingerprint density at radius 1 is 1.39 bits per heavy atom. The lowest BCUT2D eigenvalue weighted by molar-refractivity contribution is -0.147. The molecule has 1 saturated heterocycles. The van der Waals surface area contributed by atoms with Crippen molar-refractivity contribution in [1.82, 2.24) is 4.90 Å². The number of likely N-dealkylation sites (tertiary alicyclic amines) is 1. The number of aliphatic carboxylic acids is 1. The highest BCUT2D eigenvalue weighted by molar-refractivity contribution is 5.82. The summed E-state index contributed by atoms with van der Waals surface area (Å²) in [6, 6.07) is 0.126. The van der Waals surface area contributed by atoms with Crippen LogP contribution in [0, 0.1) is 11.3 Å². The molecule has 1 aliphatic heterocycles. The maximum Gasteiger partial charge on any atom is 0.311 e. The van der Waals surface area contributed by atoms with E-state index in [-0.39, 0.29) is 17.9 Å². The fraction of sp³-hybridized carbons (Fsp3) is 0.846. The van der Waals surface area contributed by atoms with Gasteiger partial charge in [-0.2, -0.15) is 0 Å². The molecule has 5 heteroatoms. The normalized spacial score (nSPS) is 36.7. The average molecular weight is 254 g/mol. The summed E-state index contributed by atoms with van der Waals surface area (Å²) in [5.74, 6) is -0.696. The van der Waals surface area contributed by atoms with Crippen LogP contribution in [-0.2, 0) is 9.59 Å². The second kappa shape index (κ2) is 4.88. The fourth-order valence-corrected chi connectivity index (χ4v) is 3.03. The van der Waals surface area contributed by atoms with E-state index in [1.54, 1.807) is 11.8 Å². The molecule has 0 bridgehead atoms. The van der Waals surface area contributed by atoms with Crippen molar-refractivity contribution in [2.24, 2.45) is 17.1 Å². The molecule has 2 rings (SSSR count). The van der Waals surface area contributed by atoms with E-state index in [1.165, 1.54) is 0 Å². The maximum absolute atomic E-state index is 12.3. The van der Waals surface area contributed by atoms with Crippen molar-refractivity contribution in [3.05, 3.63) is 0 Å². The summed E-state index contributed by atoms with van der Waals surface area (Å²) in [5, 5.41) is 9.17. The van der Waals surface area contributed by atoms with E-state index in [2.05, 4.69) is 0 Å². The third-order valence-corrected chi connectivity index (χ3v) is 4.37. The first-order valence-corrected chi connectivity index (χ1v) is 6.70. The third-order valence-electron chi connectivity index (χ3n) is 4.37. The number of carbonyl (C=O) groups excluding carboxylic acids is 1. The highest BCUT2D eigenvalue weighted by atomic mass is 16.4. The smallest absolute Gasteiger partial charge is 0.311 e. The van der Waals surface area contributed by atoms with Crippen molar-refractivity contribution < 1.29 is 14.7 Å². The molecule has 1 aliphatic carbocycles. The quantitative estimate of drug-likeness (QED) is 0.764. The zero-order chi connectivity index (χ0) is 13.3. The van der Waals surface area contributed by atoms with E-state index >= 15 is 0 Å². The molecule has 2 aliphatic rings. The van der Waals surface area contributed by atoms with Gasteiger partial charge in [-0.15, -0.1) is 0 Å². The van der Waals surface area contributed by atoms with Crippen LogP contribution in [0.5, 0.6) is 0 Å². The molecule has 0 aromatic carbocycles. The van der Waals surface area contributed by atoms with Gasteiger partial charge in [0.2, 0.25) is 5.91 Å². The lowest BCUT2D eigenvalue weighted by Gasteiger charge is -2.29. The number of hydrogen-bond acceptors (Lipinski definition) is 3. The van der Waals surface area contributed by atoms with E-state index in [4.69, 9.17) is 10.8 Å². The van der Waals surface area contributed by atoms with Gasteiger partial charge in [-0.25, -0.2) is 0 Å². The number of amides is 1. The van der Waals surface area contributed by atoms with Gasteiger partial charge in [-0.3, -0.25) is 9.59 Å². The molecular formula is C13H22N2O3. The monoisotopic (exact) mass is 254 g/mol.